The number of H-pyrrole nitrogens is 1. The molecule has 6 nitrogen and oxygen atoms in total. The highest BCUT2D eigenvalue weighted by molar-refractivity contribution is 7.99. The summed E-state index contributed by atoms with van der Waals surface area (Å²) < 4.78 is 0. The van der Waals surface area contributed by atoms with Gasteiger partial charge in [0, 0.05) is 13.1 Å². The molecular formula is C17H20N4O2S. The summed E-state index contributed by atoms with van der Waals surface area (Å²) in [5, 5.41) is 0.714. The van der Waals surface area contributed by atoms with E-state index < -0.39 is 0 Å². The van der Waals surface area contributed by atoms with E-state index in [-0.39, 0.29) is 17.7 Å². The molecule has 1 saturated heterocycles. The predicted molar refractivity (Wildman–Crippen MR) is 93.2 cm³/mol. The second kappa shape index (κ2) is 7.53. The van der Waals surface area contributed by atoms with Gasteiger partial charge in [-0.1, -0.05) is 42.1 Å². The lowest BCUT2D eigenvalue weighted by atomic mass is 9.97. The van der Waals surface area contributed by atoms with Crippen LogP contribution in [0.4, 0.5) is 0 Å². The minimum Gasteiger partial charge on any atom is -0.369 e. The van der Waals surface area contributed by atoms with Crippen molar-refractivity contribution in [1.82, 2.24) is 14.9 Å². The van der Waals surface area contributed by atoms with Crippen LogP contribution in [-0.4, -0.2) is 45.5 Å². The van der Waals surface area contributed by atoms with Crippen LogP contribution >= 0.6 is 11.8 Å². The molecule has 24 heavy (non-hydrogen) atoms. The van der Waals surface area contributed by atoms with Crippen LogP contribution in [0.1, 0.15) is 12.8 Å². The molecular weight excluding hydrogens is 324 g/mol. The van der Waals surface area contributed by atoms with E-state index in [2.05, 4.69) is 9.97 Å². The van der Waals surface area contributed by atoms with Gasteiger partial charge in [0.2, 0.25) is 11.8 Å². The molecule has 0 bridgehead atoms. The van der Waals surface area contributed by atoms with Crippen molar-refractivity contribution in [3.05, 3.63) is 36.5 Å². The second-order valence-electron chi connectivity index (χ2n) is 5.84. The number of amides is 2. The molecule has 0 saturated carbocycles. The molecule has 2 amide bonds. The Morgan fingerprint density at radius 3 is 2.88 bits per heavy atom. The van der Waals surface area contributed by atoms with Crippen LogP contribution in [0.2, 0.25) is 0 Å². The number of nitrogens with one attached hydrogen (secondary N) is 1. The molecule has 7 heteroatoms. The summed E-state index contributed by atoms with van der Waals surface area (Å²) in [5.41, 5.74) is 7.34. The Labute approximate surface area is 144 Å². The highest BCUT2D eigenvalue weighted by atomic mass is 32.2. The number of imidazole rings is 1. The van der Waals surface area contributed by atoms with E-state index in [1.165, 1.54) is 11.8 Å². The molecule has 1 atom stereocenters. The van der Waals surface area contributed by atoms with Gasteiger partial charge >= 0.3 is 0 Å². The summed E-state index contributed by atoms with van der Waals surface area (Å²) in [6.07, 6.45) is 3.36. The van der Waals surface area contributed by atoms with E-state index in [0.29, 0.717) is 24.0 Å². The summed E-state index contributed by atoms with van der Waals surface area (Å²) in [4.78, 5) is 32.9. The van der Waals surface area contributed by atoms with Crippen molar-refractivity contribution in [2.45, 2.75) is 18.0 Å². The number of hydrogen-bond acceptors (Lipinski definition) is 4. The van der Waals surface area contributed by atoms with Crippen LogP contribution in [-0.2, 0) is 9.59 Å². The number of nitrogens with zero attached hydrogens (tertiary/aromatic N) is 2. The van der Waals surface area contributed by atoms with Gasteiger partial charge < -0.3 is 15.6 Å². The van der Waals surface area contributed by atoms with Crippen molar-refractivity contribution in [2.75, 3.05) is 18.8 Å². The summed E-state index contributed by atoms with van der Waals surface area (Å²) in [5.74, 6) is -0.226. The van der Waals surface area contributed by atoms with Crippen molar-refractivity contribution < 1.29 is 9.59 Å². The van der Waals surface area contributed by atoms with Gasteiger partial charge in [0.25, 0.3) is 0 Å². The van der Waals surface area contributed by atoms with Crippen LogP contribution in [0.15, 0.2) is 41.7 Å². The number of likely N-dealkylation sites (tertiary alicyclic amines) is 1. The fourth-order valence-corrected chi connectivity index (χ4v) is 3.55. The maximum absolute atomic E-state index is 12.3. The zero-order chi connectivity index (χ0) is 16.9. The predicted octanol–water partition coefficient (Wildman–Crippen LogP) is 1.89. The van der Waals surface area contributed by atoms with E-state index >= 15 is 0 Å². The number of hydrogen-bond donors (Lipinski definition) is 2. The zero-order valence-electron chi connectivity index (χ0n) is 13.3. The lowest BCUT2D eigenvalue weighted by Gasteiger charge is -2.31. The monoisotopic (exact) mass is 344 g/mol. The number of primary amides is 1. The fourth-order valence-electron chi connectivity index (χ4n) is 2.80. The Hall–Kier alpha value is -2.28. The number of aromatic amines is 1. The van der Waals surface area contributed by atoms with Crippen LogP contribution in [0, 0.1) is 5.92 Å². The van der Waals surface area contributed by atoms with Gasteiger partial charge in [-0.2, -0.15) is 0 Å². The number of piperidine rings is 1. The first kappa shape index (κ1) is 16.6. The normalized spacial score (nSPS) is 17.7. The number of carbonyl (C=O) groups excluding carboxylic acids is 2. The molecule has 126 valence electrons. The Balaban J connectivity index is 1.55. The molecule has 2 heterocycles. The van der Waals surface area contributed by atoms with E-state index in [1.807, 2.05) is 30.3 Å². The van der Waals surface area contributed by atoms with Crippen LogP contribution in [0.5, 0.6) is 0 Å². The smallest absolute Gasteiger partial charge is 0.233 e. The van der Waals surface area contributed by atoms with Crippen LogP contribution < -0.4 is 5.73 Å². The zero-order valence-corrected chi connectivity index (χ0v) is 14.1. The summed E-state index contributed by atoms with van der Waals surface area (Å²) in [6.45, 7) is 1.12. The molecule has 3 rings (SSSR count). The van der Waals surface area contributed by atoms with Gasteiger partial charge in [-0.15, -0.1) is 0 Å². The average Bonchev–Trinajstić information content (AvgIpc) is 3.09. The number of nitrogens with two attached hydrogens (primary N) is 1. The second-order valence-corrected chi connectivity index (χ2v) is 6.80. The average molecular weight is 344 g/mol. The molecule has 1 fully saturated rings. The highest BCUT2D eigenvalue weighted by Crippen LogP contribution is 2.22. The number of aromatic nitrogens is 2. The molecule has 0 spiro atoms. The molecule has 2 aromatic rings. The molecule has 1 aromatic carbocycles. The van der Waals surface area contributed by atoms with Gasteiger partial charge in [0.05, 0.1) is 23.6 Å². The molecule has 3 N–H and O–H groups in total. The third kappa shape index (κ3) is 3.97. The molecule has 1 unspecified atom stereocenters. The fraction of sp³-hybridized carbons (Fsp3) is 0.353. The highest BCUT2D eigenvalue weighted by Gasteiger charge is 2.26. The minimum atomic E-state index is -0.321. The third-order valence-electron chi connectivity index (χ3n) is 4.15. The van der Waals surface area contributed by atoms with E-state index in [0.717, 1.165) is 24.1 Å². The molecule has 0 aliphatic carbocycles. The largest absolute Gasteiger partial charge is 0.369 e. The van der Waals surface area contributed by atoms with Crippen molar-refractivity contribution in [3.8, 4) is 11.3 Å². The Kier molecular flexibility index (Phi) is 5.20. The van der Waals surface area contributed by atoms with Gasteiger partial charge in [-0.05, 0) is 18.4 Å². The molecule has 1 aliphatic heterocycles. The lowest BCUT2D eigenvalue weighted by molar-refractivity contribution is -0.132. The minimum absolute atomic E-state index is 0.0172. The first-order chi connectivity index (χ1) is 11.6. The molecule has 1 aromatic heterocycles. The number of carbonyl (C=O) groups is 2. The number of thioether (sulfide) groups is 1. The van der Waals surface area contributed by atoms with Gasteiger partial charge in [-0.3, -0.25) is 9.59 Å². The van der Waals surface area contributed by atoms with Crippen LogP contribution in [0.3, 0.4) is 0 Å². The van der Waals surface area contributed by atoms with E-state index in [1.54, 1.807) is 11.1 Å². The van der Waals surface area contributed by atoms with Gasteiger partial charge in [0.1, 0.15) is 0 Å². The lowest BCUT2D eigenvalue weighted by Crippen LogP contribution is -2.44. The molecule has 1 aliphatic rings. The van der Waals surface area contributed by atoms with Gasteiger partial charge in [0.15, 0.2) is 5.16 Å². The first-order valence-electron chi connectivity index (χ1n) is 7.94. The standard InChI is InChI=1S/C17H20N4O2S/c18-16(23)13-7-4-8-21(10-13)15(22)11-24-17-19-9-14(20-17)12-5-2-1-3-6-12/h1-3,5-6,9,13H,4,7-8,10-11H2,(H2,18,23)(H,19,20). The van der Waals surface area contributed by atoms with Crippen LogP contribution in [0.25, 0.3) is 11.3 Å². The number of benzene rings is 1. The van der Waals surface area contributed by atoms with E-state index in [9.17, 15) is 9.59 Å². The van der Waals surface area contributed by atoms with Crippen molar-refractivity contribution >= 4 is 23.6 Å². The Morgan fingerprint density at radius 2 is 2.12 bits per heavy atom. The third-order valence-corrected chi connectivity index (χ3v) is 5.02. The quantitative estimate of drug-likeness (QED) is 0.810. The number of rotatable bonds is 5. The SMILES string of the molecule is NC(=O)C1CCCN(C(=O)CSc2ncc(-c3ccccc3)[nH]2)C1. The van der Waals surface area contributed by atoms with Gasteiger partial charge in [-0.25, -0.2) is 4.98 Å². The maximum Gasteiger partial charge on any atom is 0.233 e. The summed E-state index contributed by atoms with van der Waals surface area (Å²) in [7, 11) is 0. The maximum atomic E-state index is 12.3. The van der Waals surface area contributed by atoms with E-state index in [4.69, 9.17) is 5.73 Å². The van der Waals surface area contributed by atoms with Crippen molar-refractivity contribution in [2.24, 2.45) is 11.7 Å². The van der Waals surface area contributed by atoms with Crippen molar-refractivity contribution in [3.63, 3.8) is 0 Å². The summed E-state index contributed by atoms with van der Waals surface area (Å²) >= 11 is 1.37. The Morgan fingerprint density at radius 1 is 1.33 bits per heavy atom. The van der Waals surface area contributed by atoms with Crippen molar-refractivity contribution in [1.29, 1.82) is 0 Å². The molecule has 0 radical (unpaired) electrons. The first-order valence-corrected chi connectivity index (χ1v) is 8.92. The topological polar surface area (TPSA) is 92.1 Å². The summed E-state index contributed by atoms with van der Waals surface area (Å²) in [6, 6.07) is 9.91. The Bertz CT molecular complexity index is 716.